The minimum atomic E-state index is -0.560. The number of benzene rings is 2. The molecule has 0 heterocycles. The third-order valence-electron chi connectivity index (χ3n) is 3.54. The number of anilines is 2. The van der Waals surface area contributed by atoms with E-state index in [2.05, 4.69) is 10.9 Å². The molecule has 0 spiro atoms. The van der Waals surface area contributed by atoms with Gasteiger partial charge in [-0.05, 0) is 31.5 Å². The van der Waals surface area contributed by atoms with Gasteiger partial charge in [0.1, 0.15) is 5.02 Å². The van der Waals surface area contributed by atoms with Crippen molar-refractivity contribution < 1.29 is 14.6 Å². The van der Waals surface area contributed by atoms with Crippen LogP contribution in [0.3, 0.4) is 0 Å². The largest absolute Gasteiger partial charge is 0.494 e. The van der Waals surface area contributed by atoms with Gasteiger partial charge >= 0.3 is 0 Å². The van der Waals surface area contributed by atoms with Gasteiger partial charge in [-0.15, -0.1) is 0 Å². The van der Waals surface area contributed by atoms with Crippen molar-refractivity contribution in [3.63, 3.8) is 0 Å². The van der Waals surface area contributed by atoms with Crippen molar-refractivity contribution in [3.8, 4) is 5.75 Å². The first-order valence-electron chi connectivity index (χ1n) is 7.04. The second-order valence-corrected chi connectivity index (χ2v) is 5.63. The van der Waals surface area contributed by atoms with Gasteiger partial charge in [0, 0.05) is 11.6 Å². The van der Waals surface area contributed by atoms with Gasteiger partial charge in [-0.1, -0.05) is 11.6 Å². The van der Waals surface area contributed by atoms with E-state index in [9.17, 15) is 20.2 Å². The molecule has 0 bridgehead atoms. The van der Waals surface area contributed by atoms with Gasteiger partial charge in [0.2, 0.25) is 0 Å². The molecule has 0 aromatic heterocycles. The number of hydrogen-bond acceptors (Lipinski definition) is 7. The third kappa shape index (κ3) is 3.89. The molecule has 0 saturated carbocycles. The Labute approximate surface area is 147 Å². The molecule has 132 valence electrons. The zero-order chi connectivity index (χ0) is 18.7. The average molecular weight is 367 g/mol. The summed E-state index contributed by atoms with van der Waals surface area (Å²) in [6.07, 6.45) is 0. The summed E-state index contributed by atoms with van der Waals surface area (Å²) in [5, 5.41) is 21.9. The summed E-state index contributed by atoms with van der Waals surface area (Å²) in [6, 6.07) is 5.65. The molecule has 25 heavy (non-hydrogen) atoms. The highest BCUT2D eigenvalue weighted by Crippen LogP contribution is 2.34. The maximum absolute atomic E-state index is 11.0. The maximum Gasteiger partial charge on any atom is 0.288 e. The summed E-state index contributed by atoms with van der Waals surface area (Å²) >= 11 is 5.91. The Morgan fingerprint density at radius 1 is 0.920 bits per heavy atom. The first kappa shape index (κ1) is 18.3. The molecule has 0 unspecified atom stereocenters. The van der Waals surface area contributed by atoms with E-state index in [1.54, 1.807) is 19.9 Å². The molecular formula is C15H15ClN4O5. The normalized spacial score (nSPS) is 10.2. The number of hydrogen-bond donors (Lipinski definition) is 2. The molecule has 0 aliphatic heterocycles. The van der Waals surface area contributed by atoms with Crippen LogP contribution in [0.2, 0.25) is 5.02 Å². The van der Waals surface area contributed by atoms with Crippen LogP contribution in [0.25, 0.3) is 0 Å². The molecule has 0 radical (unpaired) electrons. The van der Waals surface area contributed by atoms with Crippen molar-refractivity contribution in [1.82, 2.24) is 0 Å². The van der Waals surface area contributed by atoms with Crippen LogP contribution in [0.5, 0.6) is 5.75 Å². The lowest BCUT2D eigenvalue weighted by molar-refractivity contribution is -0.385. The second kappa shape index (κ2) is 7.22. The Kier molecular flexibility index (Phi) is 5.28. The zero-order valence-electron chi connectivity index (χ0n) is 13.6. The van der Waals surface area contributed by atoms with Crippen molar-refractivity contribution in [1.29, 1.82) is 0 Å². The lowest BCUT2D eigenvalue weighted by atomic mass is 10.1. The summed E-state index contributed by atoms with van der Waals surface area (Å²) < 4.78 is 5.16. The standard InChI is InChI=1S/C15H15ClN4O5/c1-8-5-14(20(23)24)10(16)6-11(8)17-18-12-4-9(2)13(19(21)22)7-15(12)25-3/h4-7,17-18H,1-3H3. The number of hydrazine groups is 1. The number of nitrogens with zero attached hydrogens (tertiary/aromatic N) is 2. The topological polar surface area (TPSA) is 120 Å². The van der Waals surface area contributed by atoms with Gasteiger partial charge in [0.15, 0.2) is 5.75 Å². The Bertz CT molecular complexity index is 856. The molecular weight excluding hydrogens is 352 g/mol. The van der Waals surface area contributed by atoms with Crippen LogP contribution in [-0.4, -0.2) is 17.0 Å². The molecule has 0 aliphatic rings. The van der Waals surface area contributed by atoms with E-state index in [-0.39, 0.29) is 22.1 Å². The van der Waals surface area contributed by atoms with Crippen LogP contribution >= 0.6 is 11.6 Å². The number of ether oxygens (including phenoxy) is 1. The fourth-order valence-electron chi connectivity index (χ4n) is 2.22. The summed E-state index contributed by atoms with van der Waals surface area (Å²) in [7, 11) is 1.40. The van der Waals surface area contributed by atoms with Gasteiger partial charge < -0.3 is 10.2 Å². The van der Waals surface area contributed by atoms with Gasteiger partial charge in [0.05, 0.1) is 34.4 Å². The Morgan fingerprint density at radius 3 is 2.08 bits per heavy atom. The minimum Gasteiger partial charge on any atom is -0.494 e. The quantitative estimate of drug-likeness (QED) is 0.580. The summed E-state index contributed by atoms with van der Waals surface area (Å²) in [4.78, 5) is 20.8. The monoisotopic (exact) mass is 366 g/mol. The highest BCUT2D eigenvalue weighted by Gasteiger charge is 2.17. The Balaban J connectivity index is 2.30. The maximum atomic E-state index is 11.0. The van der Waals surface area contributed by atoms with Crippen LogP contribution in [0.4, 0.5) is 22.7 Å². The summed E-state index contributed by atoms with van der Waals surface area (Å²) in [5.41, 5.74) is 7.56. The lowest BCUT2D eigenvalue weighted by Gasteiger charge is -2.15. The number of nitro groups is 2. The molecule has 0 amide bonds. The van der Waals surface area contributed by atoms with E-state index in [0.717, 1.165) is 0 Å². The Morgan fingerprint density at radius 2 is 1.52 bits per heavy atom. The number of rotatable bonds is 6. The number of halogens is 1. The fraction of sp³-hybridized carbons (Fsp3) is 0.200. The lowest BCUT2D eigenvalue weighted by Crippen LogP contribution is -2.11. The van der Waals surface area contributed by atoms with Crippen LogP contribution < -0.4 is 15.6 Å². The van der Waals surface area contributed by atoms with Crippen LogP contribution in [0, 0.1) is 34.1 Å². The molecule has 0 aliphatic carbocycles. The molecule has 2 aromatic carbocycles. The zero-order valence-corrected chi connectivity index (χ0v) is 14.4. The number of methoxy groups -OCH3 is 1. The molecule has 0 saturated heterocycles. The van der Waals surface area contributed by atoms with Crippen molar-refractivity contribution in [2.24, 2.45) is 0 Å². The van der Waals surface area contributed by atoms with Gasteiger partial charge in [0.25, 0.3) is 11.4 Å². The molecule has 0 atom stereocenters. The highest BCUT2D eigenvalue weighted by atomic mass is 35.5. The number of aryl methyl sites for hydroxylation is 2. The van der Waals surface area contributed by atoms with Crippen LogP contribution in [0.15, 0.2) is 24.3 Å². The van der Waals surface area contributed by atoms with Gasteiger partial charge in [-0.2, -0.15) is 0 Å². The summed E-state index contributed by atoms with van der Waals surface area (Å²) in [5.74, 6) is 0.274. The average Bonchev–Trinajstić information content (AvgIpc) is 2.54. The molecule has 2 N–H and O–H groups in total. The first-order valence-corrected chi connectivity index (χ1v) is 7.42. The van der Waals surface area contributed by atoms with Crippen LogP contribution in [-0.2, 0) is 0 Å². The predicted molar refractivity (Wildman–Crippen MR) is 94.5 cm³/mol. The van der Waals surface area contributed by atoms with E-state index in [1.165, 1.54) is 25.3 Å². The van der Waals surface area contributed by atoms with Gasteiger partial charge in [-0.25, -0.2) is 0 Å². The van der Waals surface area contributed by atoms with Crippen molar-refractivity contribution in [2.75, 3.05) is 18.0 Å². The molecule has 0 fully saturated rings. The van der Waals surface area contributed by atoms with Crippen LogP contribution in [0.1, 0.15) is 11.1 Å². The minimum absolute atomic E-state index is 0.00764. The first-order chi connectivity index (χ1) is 11.7. The van der Waals surface area contributed by atoms with E-state index in [1.807, 2.05) is 0 Å². The SMILES string of the molecule is COc1cc([N+](=O)[O-])c(C)cc1NNc1cc(Cl)c([N+](=O)[O-])cc1C. The molecule has 9 nitrogen and oxygen atoms in total. The third-order valence-corrected chi connectivity index (χ3v) is 3.84. The van der Waals surface area contributed by atoms with Crippen molar-refractivity contribution >= 4 is 34.4 Å². The molecule has 2 aromatic rings. The van der Waals surface area contributed by atoms with E-state index in [0.29, 0.717) is 22.5 Å². The van der Waals surface area contributed by atoms with E-state index >= 15 is 0 Å². The smallest absolute Gasteiger partial charge is 0.288 e. The van der Waals surface area contributed by atoms with Crippen molar-refractivity contribution in [3.05, 3.63) is 60.6 Å². The number of nitrogens with one attached hydrogen (secondary N) is 2. The molecule has 2 rings (SSSR count). The van der Waals surface area contributed by atoms with Gasteiger partial charge in [-0.3, -0.25) is 25.7 Å². The highest BCUT2D eigenvalue weighted by molar-refractivity contribution is 6.33. The number of nitro benzene ring substituents is 2. The predicted octanol–water partition coefficient (Wildman–Crippen LogP) is 4.22. The fourth-order valence-corrected chi connectivity index (χ4v) is 2.45. The summed E-state index contributed by atoms with van der Waals surface area (Å²) in [6.45, 7) is 3.29. The second-order valence-electron chi connectivity index (χ2n) is 5.22. The van der Waals surface area contributed by atoms with E-state index < -0.39 is 9.85 Å². The Hall–Kier alpha value is -3.07. The molecule has 10 heteroatoms. The van der Waals surface area contributed by atoms with Crippen molar-refractivity contribution in [2.45, 2.75) is 13.8 Å². The van der Waals surface area contributed by atoms with E-state index in [4.69, 9.17) is 16.3 Å².